The third-order valence-corrected chi connectivity index (χ3v) is 5.69. The molecule has 0 aliphatic heterocycles. The molecule has 0 fully saturated rings. The summed E-state index contributed by atoms with van der Waals surface area (Å²) in [6.45, 7) is 18.1. The molecule has 0 aliphatic carbocycles. The van der Waals surface area contributed by atoms with Gasteiger partial charge in [0, 0.05) is 17.4 Å². The number of alkyl carbamates (subject to hydrolysis) is 3. The maximum atomic E-state index is 11.6. The van der Waals surface area contributed by atoms with Gasteiger partial charge in [-0.05, 0) is 83.1 Å². The zero-order valence-electron chi connectivity index (χ0n) is 34.8. The van der Waals surface area contributed by atoms with Crippen LogP contribution in [0.1, 0.15) is 102 Å². The first-order chi connectivity index (χ1) is 25.6. The molecule has 0 aromatic heterocycles. The third kappa shape index (κ3) is 34.3. The predicted octanol–water partition coefficient (Wildman–Crippen LogP) is 1.77. The SMILES string of the molecule is C[C@H](NC(=O)OC(C)(C)C)C(=O)N(O)CCC(=O)O.C[C@H](NC(=O)OC(C)(C)C)C(=O)N(O)CCC(=O)O.C[C@H](NC(=O)OC(C)(C)C)C(=O)N(O)CCC(=O)O.[Cr]. The molecule has 0 aliphatic rings. The average Bonchev–Trinajstić information content (AvgIpc) is 3.01. The minimum absolute atomic E-state index is 0. The minimum Gasteiger partial charge on any atom is -0.481 e. The van der Waals surface area contributed by atoms with Crippen LogP contribution in [0.4, 0.5) is 14.4 Å². The molecule has 0 aromatic carbocycles. The molecule has 0 rings (SSSR count). The van der Waals surface area contributed by atoms with Crippen molar-refractivity contribution in [2.45, 2.75) is 137 Å². The van der Waals surface area contributed by atoms with Crippen molar-refractivity contribution < 1.29 is 106 Å². The number of hydrogen-bond acceptors (Lipinski definition) is 15. The molecule has 0 aromatic rings. The Morgan fingerprint density at radius 1 is 0.448 bits per heavy atom. The number of hydroxylamine groups is 6. The van der Waals surface area contributed by atoms with Gasteiger partial charge in [0.2, 0.25) is 0 Å². The Labute approximate surface area is 347 Å². The molecule has 0 spiro atoms. The van der Waals surface area contributed by atoms with Gasteiger partial charge in [0.1, 0.15) is 34.9 Å². The van der Waals surface area contributed by atoms with Crippen LogP contribution >= 0.6 is 0 Å². The average molecular weight is 881 g/mol. The second-order valence-electron chi connectivity index (χ2n) is 14.9. The van der Waals surface area contributed by atoms with E-state index in [4.69, 9.17) is 29.5 Å². The van der Waals surface area contributed by atoms with Gasteiger partial charge < -0.3 is 45.5 Å². The van der Waals surface area contributed by atoms with E-state index in [0.29, 0.717) is 0 Å². The molecular formula is C33H60CrN6O18. The van der Waals surface area contributed by atoms with Crippen molar-refractivity contribution in [1.29, 1.82) is 0 Å². The summed E-state index contributed by atoms with van der Waals surface area (Å²) in [5.41, 5.74) is -2.10. The zero-order chi connectivity index (χ0) is 45.6. The topological polar surface area (TPSA) is 349 Å². The number of amides is 6. The number of carboxylic acids is 3. The van der Waals surface area contributed by atoms with Crippen LogP contribution in [-0.2, 0) is 60.3 Å². The van der Waals surface area contributed by atoms with E-state index in [1.807, 2.05) is 0 Å². The largest absolute Gasteiger partial charge is 0.481 e. The van der Waals surface area contributed by atoms with Gasteiger partial charge in [0.05, 0.1) is 38.9 Å². The van der Waals surface area contributed by atoms with Gasteiger partial charge in [-0.25, -0.2) is 29.6 Å². The Bertz CT molecular complexity index is 1220. The number of carbonyl (C=O) groups excluding carboxylic acids is 6. The molecule has 3 atom stereocenters. The third-order valence-electron chi connectivity index (χ3n) is 5.69. The number of hydrogen-bond donors (Lipinski definition) is 9. The molecule has 25 heteroatoms. The Kier molecular flexibility index (Phi) is 28.5. The summed E-state index contributed by atoms with van der Waals surface area (Å²) >= 11 is 0. The minimum atomic E-state index is -1.14. The van der Waals surface area contributed by atoms with E-state index in [0.717, 1.165) is 0 Å². The molecule has 0 saturated heterocycles. The van der Waals surface area contributed by atoms with Crippen molar-refractivity contribution in [3.8, 4) is 0 Å². The number of aliphatic carboxylic acids is 3. The van der Waals surface area contributed by atoms with Gasteiger partial charge in [0.15, 0.2) is 0 Å². The molecule has 0 unspecified atom stereocenters. The van der Waals surface area contributed by atoms with Crippen LogP contribution < -0.4 is 16.0 Å². The summed E-state index contributed by atoms with van der Waals surface area (Å²) in [4.78, 5) is 99.7. The zero-order valence-corrected chi connectivity index (χ0v) is 36.1. The number of carbonyl (C=O) groups is 9. The molecule has 24 nitrogen and oxygen atoms in total. The van der Waals surface area contributed by atoms with Crippen molar-refractivity contribution in [3.63, 3.8) is 0 Å². The van der Waals surface area contributed by atoms with E-state index in [9.17, 15) is 58.8 Å². The van der Waals surface area contributed by atoms with E-state index < -0.39 is 88.8 Å². The van der Waals surface area contributed by atoms with Gasteiger partial charge >= 0.3 is 36.2 Å². The van der Waals surface area contributed by atoms with Gasteiger partial charge in [-0.2, -0.15) is 0 Å². The summed E-state index contributed by atoms with van der Waals surface area (Å²) in [5.74, 6) is -5.86. The maximum Gasteiger partial charge on any atom is 0.408 e. The summed E-state index contributed by atoms with van der Waals surface area (Å²) in [6, 6.07) is -3.06. The van der Waals surface area contributed by atoms with E-state index in [1.165, 1.54) is 20.8 Å². The number of rotatable bonds is 15. The molecule has 0 radical (unpaired) electrons. The standard InChI is InChI=1S/3C11H20N2O6.Cr/c3*1-7(12-10(17)19-11(2,3)4)9(16)13(18)6-5-8(14)15;/h3*7,18H,5-6H2,1-4H3,(H,12,17)(H,14,15);/t3*7-;/m000./s1. The van der Waals surface area contributed by atoms with Crippen LogP contribution in [0.3, 0.4) is 0 Å². The van der Waals surface area contributed by atoms with Crippen LogP contribution in [0, 0.1) is 0 Å². The number of carboxylic acid groups (broad SMARTS) is 3. The second kappa shape index (κ2) is 27.6. The molecule has 0 saturated carbocycles. The van der Waals surface area contributed by atoms with E-state index >= 15 is 0 Å². The fraction of sp³-hybridized carbons (Fsp3) is 0.727. The monoisotopic (exact) mass is 880 g/mol. The van der Waals surface area contributed by atoms with Crippen molar-refractivity contribution in [3.05, 3.63) is 0 Å². The van der Waals surface area contributed by atoms with Crippen LogP contribution in [0.2, 0.25) is 0 Å². The van der Waals surface area contributed by atoms with Gasteiger partial charge in [0.25, 0.3) is 17.7 Å². The molecule has 336 valence electrons. The Balaban J connectivity index is -0.000000374. The normalized spacial score (nSPS) is 12.3. The predicted molar refractivity (Wildman–Crippen MR) is 194 cm³/mol. The Morgan fingerprint density at radius 3 is 0.759 bits per heavy atom. The summed E-state index contributed by atoms with van der Waals surface area (Å²) in [7, 11) is 0. The van der Waals surface area contributed by atoms with Crippen LogP contribution in [0.15, 0.2) is 0 Å². The maximum absolute atomic E-state index is 11.6. The molecule has 6 amide bonds. The second-order valence-corrected chi connectivity index (χ2v) is 14.9. The van der Waals surface area contributed by atoms with Crippen LogP contribution in [0.5, 0.6) is 0 Å². The molecule has 9 N–H and O–H groups in total. The molecule has 58 heavy (non-hydrogen) atoms. The van der Waals surface area contributed by atoms with Gasteiger partial charge in [-0.3, -0.25) is 44.4 Å². The Hall–Kier alpha value is -4.96. The number of nitrogens with zero attached hydrogens (tertiary/aromatic N) is 3. The van der Waals surface area contributed by atoms with Crippen LogP contribution in [-0.4, -0.2) is 155 Å². The number of ether oxygens (including phenoxy) is 3. The molecular weight excluding hydrogens is 820 g/mol. The van der Waals surface area contributed by atoms with Crippen molar-refractivity contribution in [2.24, 2.45) is 0 Å². The summed E-state index contributed by atoms with van der Waals surface area (Å²) in [5, 5.41) is 60.7. The summed E-state index contributed by atoms with van der Waals surface area (Å²) < 4.78 is 14.8. The first-order valence-corrected chi connectivity index (χ1v) is 17.2. The quantitative estimate of drug-likeness (QED) is 0.0643. The van der Waals surface area contributed by atoms with E-state index in [2.05, 4.69) is 16.0 Å². The van der Waals surface area contributed by atoms with Crippen molar-refractivity contribution in [2.75, 3.05) is 19.6 Å². The van der Waals surface area contributed by atoms with Gasteiger partial charge in [-0.1, -0.05) is 0 Å². The van der Waals surface area contributed by atoms with E-state index in [-0.39, 0.29) is 71.4 Å². The molecule has 0 bridgehead atoms. The first-order valence-electron chi connectivity index (χ1n) is 17.2. The first kappa shape index (κ1) is 59.7. The molecule has 0 heterocycles. The fourth-order valence-corrected chi connectivity index (χ4v) is 3.24. The number of nitrogens with one attached hydrogen (secondary N) is 3. The Morgan fingerprint density at radius 2 is 0.621 bits per heavy atom. The smallest absolute Gasteiger partial charge is 0.408 e. The summed E-state index contributed by atoms with van der Waals surface area (Å²) in [6.07, 6.45) is -3.54. The van der Waals surface area contributed by atoms with Crippen molar-refractivity contribution in [1.82, 2.24) is 31.1 Å². The van der Waals surface area contributed by atoms with Gasteiger partial charge in [-0.15, -0.1) is 0 Å². The van der Waals surface area contributed by atoms with Crippen LogP contribution in [0.25, 0.3) is 0 Å². The fourth-order valence-electron chi connectivity index (χ4n) is 3.24. The van der Waals surface area contributed by atoms with E-state index in [1.54, 1.807) is 62.3 Å². The van der Waals surface area contributed by atoms with Crippen molar-refractivity contribution >= 4 is 53.9 Å².